The highest BCUT2D eigenvalue weighted by Crippen LogP contribution is 2.48. The maximum Gasteiger partial charge on any atom is 0.191 e. The van der Waals surface area contributed by atoms with Crippen LogP contribution in [0, 0.1) is 11.3 Å². The summed E-state index contributed by atoms with van der Waals surface area (Å²) in [6.07, 6.45) is 3.63. The van der Waals surface area contributed by atoms with Gasteiger partial charge < -0.3 is 9.64 Å². The Morgan fingerprint density at radius 3 is 2.42 bits per heavy atom. The van der Waals surface area contributed by atoms with Gasteiger partial charge in [-0.25, -0.2) is 0 Å². The van der Waals surface area contributed by atoms with Crippen molar-refractivity contribution in [1.29, 1.82) is 0 Å². The first-order chi connectivity index (χ1) is 14.9. The van der Waals surface area contributed by atoms with E-state index in [4.69, 9.17) is 4.74 Å². The Morgan fingerprint density at radius 2 is 1.71 bits per heavy atom. The molecule has 5 rings (SSSR count). The van der Waals surface area contributed by atoms with E-state index in [0.29, 0.717) is 30.5 Å². The van der Waals surface area contributed by atoms with Crippen LogP contribution in [0.5, 0.6) is 0 Å². The number of hydrogen-bond acceptors (Lipinski definition) is 4. The van der Waals surface area contributed by atoms with E-state index in [9.17, 15) is 9.59 Å². The minimum absolute atomic E-state index is 0.00602. The van der Waals surface area contributed by atoms with E-state index < -0.39 is 0 Å². The van der Waals surface area contributed by atoms with Gasteiger partial charge in [0.05, 0.1) is 0 Å². The molecule has 158 valence electrons. The lowest BCUT2D eigenvalue weighted by Crippen LogP contribution is -2.47. The largest absolute Gasteiger partial charge is 0.474 e. The molecule has 2 aromatic rings. The first-order valence-corrected chi connectivity index (χ1v) is 11.0. The van der Waals surface area contributed by atoms with Crippen molar-refractivity contribution >= 4 is 11.6 Å². The Bertz CT molecular complexity index is 1080. The molecule has 2 aliphatic heterocycles. The van der Waals surface area contributed by atoms with Gasteiger partial charge in [-0.1, -0.05) is 74.5 Å². The van der Waals surface area contributed by atoms with Crippen LogP contribution in [0.3, 0.4) is 0 Å². The molecule has 2 atom stereocenters. The third-order valence-corrected chi connectivity index (χ3v) is 6.50. The van der Waals surface area contributed by atoms with Crippen LogP contribution in [0.1, 0.15) is 49.0 Å². The van der Waals surface area contributed by atoms with Crippen molar-refractivity contribution in [2.75, 3.05) is 0 Å². The van der Waals surface area contributed by atoms with Crippen molar-refractivity contribution in [3.63, 3.8) is 0 Å². The second kappa shape index (κ2) is 7.52. The zero-order valence-corrected chi connectivity index (χ0v) is 18.0. The fraction of sp³-hybridized carbons (Fsp3) is 0.333. The molecule has 1 aliphatic carbocycles. The number of ether oxygens (including phenoxy) is 1. The van der Waals surface area contributed by atoms with Gasteiger partial charge in [0.25, 0.3) is 0 Å². The van der Waals surface area contributed by atoms with Gasteiger partial charge in [-0.05, 0) is 11.0 Å². The summed E-state index contributed by atoms with van der Waals surface area (Å²) in [6.45, 7) is 4.87. The minimum atomic E-state index is -0.197. The van der Waals surface area contributed by atoms with E-state index >= 15 is 0 Å². The molecule has 3 aliphatic rings. The molecule has 2 aromatic carbocycles. The summed E-state index contributed by atoms with van der Waals surface area (Å²) in [7, 11) is 0. The molecular formula is C27H27NO3. The Kier molecular flexibility index (Phi) is 4.81. The van der Waals surface area contributed by atoms with Gasteiger partial charge in [0.15, 0.2) is 17.8 Å². The summed E-state index contributed by atoms with van der Waals surface area (Å²) in [5, 5.41) is 0. The predicted octanol–water partition coefficient (Wildman–Crippen LogP) is 5.27. The van der Waals surface area contributed by atoms with Crippen LogP contribution < -0.4 is 0 Å². The molecule has 4 nitrogen and oxygen atoms in total. The number of hydrogen-bond donors (Lipinski definition) is 0. The number of ketones is 2. The second-order valence-electron chi connectivity index (χ2n) is 9.58. The molecule has 0 radical (unpaired) electrons. The first kappa shape index (κ1) is 19.8. The van der Waals surface area contributed by atoms with Crippen molar-refractivity contribution in [2.24, 2.45) is 11.3 Å². The summed E-state index contributed by atoms with van der Waals surface area (Å²) >= 11 is 0. The molecule has 0 spiro atoms. The monoisotopic (exact) mass is 413 g/mol. The van der Waals surface area contributed by atoms with Gasteiger partial charge in [0.1, 0.15) is 5.76 Å². The van der Waals surface area contributed by atoms with Gasteiger partial charge in [-0.3, -0.25) is 9.59 Å². The lowest BCUT2D eigenvalue weighted by Gasteiger charge is -2.47. The zero-order valence-electron chi connectivity index (χ0n) is 18.0. The quantitative estimate of drug-likeness (QED) is 0.640. The highest BCUT2D eigenvalue weighted by molar-refractivity contribution is 6.11. The number of nitrogens with zero attached hydrogens (tertiary/aromatic N) is 1. The maximum absolute atomic E-state index is 13.5. The average Bonchev–Trinajstić information content (AvgIpc) is 2.75. The van der Waals surface area contributed by atoms with E-state index in [1.54, 1.807) is 0 Å². The van der Waals surface area contributed by atoms with Crippen molar-refractivity contribution < 1.29 is 14.3 Å². The Balaban J connectivity index is 1.57. The molecule has 2 heterocycles. The molecule has 0 aromatic heterocycles. The molecule has 0 saturated carbocycles. The number of Topliss-reactive ketones (excluding diaryl/α,β-unsaturated/α-hetero) is 2. The molecule has 4 heteroatoms. The second-order valence-corrected chi connectivity index (χ2v) is 9.58. The van der Waals surface area contributed by atoms with Crippen molar-refractivity contribution in [3.8, 4) is 0 Å². The molecule has 0 N–H and O–H groups in total. The van der Waals surface area contributed by atoms with Crippen molar-refractivity contribution in [2.45, 2.75) is 45.9 Å². The summed E-state index contributed by atoms with van der Waals surface area (Å²) in [5.74, 6) is 0.704. The molecule has 0 saturated heterocycles. The van der Waals surface area contributed by atoms with Crippen LogP contribution in [-0.4, -0.2) is 22.7 Å². The number of carbonyl (C=O) groups is 2. The van der Waals surface area contributed by atoms with Crippen LogP contribution >= 0.6 is 0 Å². The molecule has 2 bridgehead atoms. The topological polar surface area (TPSA) is 46.6 Å². The Labute approximate surface area is 183 Å². The number of rotatable bonds is 4. The van der Waals surface area contributed by atoms with Gasteiger partial charge in [-0.2, -0.15) is 0 Å². The Morgan fingerprint density at radius 1 is 1.03 bits per heavy atom. The smallest absolute Gasteiger partial charge is 0.191 e. The van der Waals surface area contributed by atoms with Crippen LogP contribution in [-0.2, 0) is 16.1 Å². The summed E-state index contributed by atoms with van der Waals surface area (Å²) in [5.41, 5.74) is 3.11. The molecule has 0 fully saturated rings. The normalized spacial score (nSPS) is 24.3. The molecule has 0 unspecified atom stereocenters. The van der Waals surface area contributed by atoms with Gasteiger partial charge >= 0.3 is 0 Å². The van der Waals surface area contributed by atoms with E-state index in [2.05, 4.69) is 30.9 Å². The lowest BCUT2D eigenvalue weighted by atomic mass is 9.69. The van der Waals surface area contributed by atoms with Gasteiger partial charge in [-0.15, -0.1) is 0 Å². The third kappa shape index (κ3) is 3.71. The summed E-state index contributed by atoms with van der Waals surface area (Å²) < 4.78 is 6.41. The zero-order chi connectivity index (χ0) is 21.6. The standard InChI is InChI=1S/C27H27NO3/c1-27(2)14-22(29)25-20-13-24(31-23(25)15-27)28(16-18-9-5-3-6-10-18)17-21(20)26(30)19-11-7-4-8-12-19/h3-12,17,20,24H,13-16H2,1-2H3/t20-,24+/m0/s1. The Hall–Kier alpha value is -3.14. The lowest BCUT2D eigenvalue weighted by molar-refractivity contribution is -0.122. The van der Waals surface area contributed by atoms with E-state index in [1.807, 2.05) is 54.7 Å². The van der Waals surface area contributed by atoms with Gasteiger partial charge in [0, 0.05) is 54.6 Å². The predicted molar refractivity (Wildman–Crippen MR) is 119 cm³/mol. The SMILES string of the molecule is CC1(C)CC(=O)C2=C(C1)O[C@@H]1C[C@H]2C(C(=O)c2ccccc2)=CN1Cc1ccccc1. The number of carbonyl (C=O) groups excluding carboxylic acids is 2. The average molecular weight is 414 g/mol. The molecule has 31 heavy (non-hydrogen) atoms. The van der Waals surface area contributed by atoms with Crippen LogP contribution in [0.25, 0.3) is 0 Å². The van der Waals surface area contributed by atoms with Gasteiger partial charge in [0.2, 0.25) is 0 Å². The summed E-state index contributed by atoms with van der Waals surface area (Å²) in [4.78, 5) is 28.8. The molecule has 0 amide bonds. The van der Waals surface area contributed by atoms with E-state index in [0.717, 1.165) is 23.3 Å². The fourth-order valence-electron chi connectivity index (χ4n) is 5.06. The highest BCUT2D eigenvalue weighted by Gasteiger charge is 2.47. The van der Waals surface area contributed by atoms with Crippen molar-refractivity contribution in [1.82, 2.24) is 4.90 Å². The van der Waals surface area contributed by atoms with Crippen LogP contribution in [0.4, 0.5) is 0 Å². The minimum Gasteiger partial charge on any atom is -0.474 e. The number of fused-ring (bicyclic) bond motifs is 3. The third-order valence-electron chi connectivity index (χ3n) is 6.50. The highest BCUT2D eigenvalue weighted by atomic mass is 16.5. The maximum atomic E-state index is 13.5. The number of allylic oxidation sites excluding steroid dienone is 3. The van der Waals surface area contributed by atoms with E-state index in [-0.39, 0.29) is 29.1 Å². The number of benzene rings is 2. The first-order valence-electron chi connectivity index (χ1n) is 11.0. The van der Waals surface area contributed by atoms with Crippen LogP contribution in [0.2, 0.25) is 0 Å². The fourth-order valence-corrected chi connectivity index (χ4v) is 5.06. The van der Waals surface area contributed by atoms with Crippen molar-refractivity contribution in [3.05, 3.63) is 94.9 Å². The van der Waals surface area contributed by atoms with E-state index in [1.165, 1.54) is 0 Å². The molecular weight excluding hydrogens is 386 g/mol. The van der Waals surface area contributed by atoms with Crippen LogP contribution in [0.15, 0.2) is 83.8 Å². The summed E-state index contributed by atoms with van der Waals surface area (Å²) in [6, 6.07) is 19.6.